The number of hydrogen-bond donors (Lipinski definition) is 1. The van der Waals surface area contributed by atoms with Crippen LogP contribution in [0, 0.1) is 0 Å². The molecule has 0 fully saturated rings. The minimum Gasteiger partial charge on any atom is -0.493 e. The second-order valence-electron chi connectivity index (χ2n) is 5.05. The molecule has 0 radical (unpaired) electrons. The molecular weight excluding hydrogens is 392 g/mol. The number of ether oxygens (including phenoxy) is 1. The van der Waals surface area contributed by atoms with Crippen molar-refractivity contribution in [2.75, 3.05) is 11.3 Å². The van der Waals surface area contributed by atoms with E-state index in [2.05, 4.69) is 25.6 Å². The Morgan fingerprint density at radius 2 is 1.96 bits per heavy atom. The first-order chi connectivity index (χ1) is 11.5. The highest BCUT2D eigenvalue weighted by atomic mass is 79.9. The van der Waals surface area contributed by atoms with E-state index >= 15 is 0 Å². The Morgan fingerprint density at radius 3 is 2.75 bits per heavy atom. The standard InChI is InChI=1S/C17H15BrN2O3S/c1-2-23-17-10-14(7-8-15(17)18)24(21,22)20-13-9-12-5-3-4-6-16(12)19-11-13/h3-11,20H,2H2,1H3. The number of hydrogen-bond acceptors (Lipinski definition) is 4. The molecule has 5 nitrogen and oxygen atoms in total. The Balaban J connectivity index is 1.93. The van der Waals surface area contributed by atoms with E-state index in [-0.39, 0.29) is 4.90 Å². The molecule has 0 saturated carbocycles. The minimum absolute atomic E-state index is 0.127. The molecule has 0 aliphatic rings. The fourth-order valence-corrected chi connectivity index (χ4v) is 3.67. The first kappa shape index (κ1) is 16.7. The van der Waals surface area contributed by atoms with E-state index in [1.54, 1.807) is 12.1 Å². The van der Waals surface area contributed by atoms with Gasteiger partial charge in [0.1, 0.15) is 5.75 Å². The first-order valence-electron chi connectivity index (χ1n) is 7.29. The molecule has 0 saturated heterocycles. The number of pyridine rings is 1. The van der Waals surface area contributed by atoms with Crippen LogP contribution in [0.2, 0.25) is 0 Å². The lowest BCUT2D eigenvalue weighted by atomic mass is 10.2. The highest BCUT2D eigenvalue weighted by Gasteiger charge is 2.17. The van der Waals surface area contributed by atoms with Gasteiger partial charge in [0.2, 0.25) is 0 Å². The Kier molecular flexibility index (Phi) is 4.73. The maximum Gasteiger partial charge on any atom is 0.262 e. The summed E-state index contributed by atoms with van der Waals surface area (Å²) in [5, 5.41) is 0.864. The predicted octanol–water partition coefficient (Wildman–Crippen LogP) is 4.20. The predicted molar refractivity (Wildman–Crippen MR) is 97.9 cm³/mol. The summed E-state index contributed by atoms with van der Waals surface area (Å²) in [6, 6.07) is 13.9. The van der Waals surface area contributed by atoms with Crippen LogP contribution in [0.15, 0.2) is 64.1 Å². The summed E-state index contributed by atoms with van der Waals surface area (Å²) in [5.41, 5.74) is 1.22. The lowest BCUT2D eigenvalue weighted by Crippen LogP contribution is -2.13. The summed E-state index contributed by atoms with van der Waals surface area (Å²) in [6.07, 6.45) is 1.50. The number of aromatic nitrogens is 1. The molecule has 124 valence electrons. The van der Waals surface area contributed by atoms with E-state index < -0.39 is 10.0 Å². The molecule has 0 spiro atoms. The van der Waals surface area contributed by atoms with E-state index in [0.717, 1.165) is 10.9 Å². The first-order valence-corrected chi connectivity index (χ1v) is 9.57. The van der Waals surface area contributed by atoms with E-state index in [0.29, 0.717) is 22.5 Å². The van der Waals surface area contributed by atoms with Crippen LogP contribution in [0.1, 0.15) is 6.92 Å². The second kappa shape index (κ2) is 6.78. The third-order valence-corrected chi connectivity index (χ3v) is 5.39. The Morgan fingerprint density at radius 1 is 1.17 bits per heavy atom. The molecule has 1 N–H and O–H groups in total. The molecule has 2 aromatic carbocycles. The molecular formula is C17H15BrN2O3S. The molecule has 24 heavy (non-hydrogen) atoms. The molecule has 0 aliphatic heterocycles. The maximum absolute atomic E-state index is 12.6. The molecule has 0 bridgehead atoms. The van der Waals surface area contributed by atoms with Gasteiger partial charge in [-0.05, 0) is 47.1 Å². The molecule has 0 atom stereocenters. The van der Waals surface area contributed by atoms with Crippen LogP contribution in [0.4, 0.5) is 5.69 Å². The lowest BCUT2D eigenvalue weighted by Gasteiger charge is -2.11. The van der Waals surface area contributed by atoms with Gasteiger partial charge in [0.25, 0.3) is 10.0 Å². The van der Waals surface area contributed by atoms with Gasteiger partial charge in [0, 0.05) is 11.5 Å². The van der Waals surface area contributed by atoms with Crippen molar-refractivity contribution in [2.24, 2.45) is 0 Å². The third kappa shape index (κ3) is 3.52. The van der Waals surface area contributed by atoms with Crippen molar-refractivity contribution in [1.29, 1.82) is 0 Å². The van der Waals surface area contributed by atoms with Gasteiger partial charge in [-0.3, -0.25) is 9.71 Å². The van der Waals surface area contributed by atoms with Gasteiger partial charge in [-0.25, -0.2) is 8.42 Å². The molecule has 7 heteroatoms. The Bertz CT molecular complexity index is 990. The molecule has 0 aliphatic carbocycles. The summed E-state index contributed by atoms with van der Waals surface area (Å²) < 4.78 is 33.9. The van der Waals surface area contributed by atoms with Crippen LogP contribution >= 0.6 is 15.9 Å². The van der Waals surface area contributed by atoms with Crippen molar-refractivity contribution in [3.63, 3.8) is 0 Å². The van der Waals surface area contributed by atoms with Crippen LogP contribution < -0.4 is 9.46 Å². The topological polar surface area (TPSA) is 68.3 Å². The fourth-order valence-electron chi connectivity index (χ4n) is 2.26. The largest absolute Gasteiger partial charge is 0.493 e. The molecule has 0 amide bonds. The van der Waals surface area contributed by atoms with Gasteiger partial charge in [-0.1, -0.05) is 18.2 Å². The normalized spacial score (nSPS) is 11.4. The number of anilines is 1. The Hall–Kier alpha value is -2.12. The van der Waals surface area contributed by atoms with Gasteiger partial charge in [0.15, 0.2) is 0 Å². The molecule has 1 heterocycles. The van der Waals surface area contributed by atoms with Gasteiger partial charge >= 0.3 is 0 Å². The van der Waals surface area contributed by atoms with Crippen LogP contribution in [0.3, 0.4) is 0 Å². The third-order valence-electron chi connectivity index (χ3n) is 3.36. The minimum atomic E-state index is -3.73. The zero-order valence-corrected chi connectivity index (χ0v) is 15.3. The average Bonchev–Trinajstić information content (AvgIpc) is 2.56. The smallest absolute Gasteiger partial charge is 0.262 e. The SMILES string of the molecule is CCOc1cc(S(=O)(=O)Nc2cnc3ccccc3c2)ccc1Br. The van der Waals surface area contributed by atoms with E-state index in [1.165, 1.54) is 18.3 Å². The zero-order valence-electron chi connectivity index (χ0n) is 12.9. The molecule has 1 aromatic heterocycles. The number of benzene rings is 2. The number of sulfonamides is 1. The number of rotatable bonds is 5. The summed E-state index contributed by atoms with van der Waals surface area (Å²) in [7, 11) is -3.73. The number of nitrogens with zero attached hydrogens (tertiary/aromatic N) is 1. The summed E-state index contributed by atoms with van der Waals surface area (Å²) in [6.45, 7) is 2.29. The monoisotopic (exact) mass is 406 g/mol. The summed E-state index contributed by atoms with van der Waals surface area (Å²) in [5.74, 6) is 0.483. The summed E-state index contributed by atoms with van der Waals surface area (Å²) >= 11 is 3.34. The van der Waals surface area contributed by atoms with E-state index in [1.807, 2.05) is 31.2 Å². The highest BCUT2D eigenvalue weighted by Crippen LogP contribution is 2.29. The van der Waals surface area contributed by atoms with Crippen LogP contribution in [-0.2, 0) is 10.0 Å². The second-order valence-corrected chi connectivity index (χ2v) is 7.58. The van der Waals surface area contributed by atoms with E-state index in [9.17, 15) is 8.42 Å². The average molecular weight is 407 g/mol. The van der Waals surface area contributed by atoms with Gasteiger partial charge < -0.3 is 4.74 Å². The molecule has 0 unspecified atom stereocenters. The van der Waals surface area contributed by atoms with Crippen molar-refractivity contribution in [3.05, 3.63) is 59.2 Å². The van der Waals surface area contributed by atoms with Crippen molar-refractivity contribution in [1.82, 2.24) is 4.98 Å². The number of halogens is 1. The number of nitrogens with one attached hydrogen (secondary N) is 1. The lowest BCUT2D eigenvalue weighted by molar-refractivity contribution is 0.337. The fraction of sp³-hybridized carbons (Fsp3) is 0.118. The number of fused-ring (bicyclic) bond motifs is 1. The molecule has 3 aromatic rings. The van der Waals surface area contributed by atoms with Crippen molar-refractivity contribution in [2.45, 2.75) is 11.8 Å². The van der Waals surface area contributed by atoms with Crippen LogP contribution in [0.5, 0.6) is 5.75 Å². The van der Waals surface area contributed by atoms with Crippen LogP contribution in [-0.4, -0.2) is 20.0 Å². The van der Waals surface area contributed by atoms with Gasteiger partial charge in [-0.15, -0.1) is 0 Å². The van der Waals surface area contributed by atoms with Crippen molar-refractivity contribution < 1.29 is 13.2 Å². The van der Waals surface area contributed by atoms with Crippen LogP contribution in [0.25, 0.3) is 10.9 Å². The van der Waals surface area contributed by atoms with Crippen molar-refractivity contribution >= 4 is 42.5 Å². The summed E-state index contributed by atoms with van der Waals surface area (Å²) in [4.78, 5) is 4.39. The van der Waals surface area contributed by atoms with E-state index in [4.69, 9.17) is 4.74 Å². The quantitative estimate of drug-likeness (QED) is 0.689. The van der Waals surface area contributed by atoms with Gasteiger partial charge in [0.05, 0.1) is 33.4 Å². The zero-order chi connectivity index (χ0) is 17.2. The van der Waals surface area contributed by atoms with Gasteiger partial charge in [-0.2, -0.15) is 0 Å². The maximum atomic E-state index is 12.6. The highest BCUT2D eigenvalue weighted by molar-refractivity contribution is 9.10. The number of para-hydroxylation sites is 1. The Labute approximate surface area is 148 Å². The molecule has 3 rings (SSSR count). The van der Waals surface area contributed by atoms with Crippen molar-refractivity contribution in [3.8, 4) is 5.75 Å².